The van der Waals surface area contributed by atoms with Crippen LogP contribution in [-0.4, -0.2) is 39.1 Å². The van der Waals surface area contributed by atoms with Crippen molar-refractivity contribution in [1.82, 2.24) is 9.88 Å². The molecule has 0 aliphatic carbocycles. The Morgan fingerprint density at radius 3 is 2.68 bits per heavy atom. The van der Waals surface area contributed by atoms with Crippen molar-refractivity contribution in [2.24, 2.45) is 0 Å². The van der Waals surface area contributed by atoms with Crippen molar-refractivity contribution in [3.05, 3.63) is 33.1 Å². The van der Waals surface area contributed by atoms with Crippen LogP contribution in [0.2, 0.25) is 0 Å². The number of hydrogen-bond acceptors (Lipinski definition) is 5. The Kier molecular flexibility index (Phi) is 4.11. The number of nitrogens with zero attached hydrogens (tertiary/aromatic N) is 3. The van der Waals surface area contributed by atoms with Crippen molar-refractivity contribution < 1.29 is 10.0 Å². The number of aromatic nitrogens is 1. The molecule has 0 radical (unpaired) electrons. The van der Waals surface area contributed by atoms with E-state index in [-0.39, 0.29) is 16.7 Å². The first kappa shape index (κ1) is 13.9. The van der Waals surface area contributed by atoms with E-state index in [1.165, 1.54) is 0 Å². The largest absolute Gasteiger partial charge is 0.393 e. The molecule has 0 saturated carbocycles. The van der Waals surface area contributed by atoms with Gasteiger partial charge in [0, 0.05) is 37.0 Å². The molecule has 0 bridgehead atoms. The first-order valence-corrected chi connectivity index (χ1v) is 6.49. The molecule has 1 aromatic rings. The lowest BCUT2D eigenvalue weighted by molar-refractivity contribution is -0.386. The van der Waals surface area contributed by atoms with Gasteiger partial charge in [-0.2, -0.15) is 0 Å². The molecule has 104 valence electrons. The minimum Gasteiger partial charge on any atom is -0.393 e. The normalized spacial score (nSPS) is 17.6. The van der Waals surface area contributed by atoms with Gasteiger partial charge in [-0.3, -0.25) is 20.0 Å². The third-order valence-electron chi connectivity index (χ3n) is 3.69. The molecule has 2 rings (SSSR count). The minimum atomic E-state index is -0.337. The van der Waals surface area contributed by atoms with Crippen LogP contribution in [0.25, 0.3) is 0 Å². The van der Waals surface area contributed by atoms with Gasteiger partial charge in [0.05, 0.1) is 16.7 Å². The maximum absolute atomic E-state index is 11.1. The summed E-state index contributed by atoms with van der Waals surface area (Å²) in [7, 11) is 0. The first-order valence-electron chi connectivity index (χ1n) is 6.49. The van der Waals surface area contributed by atoms with Crippen molar-refractivity contribution in [3.8, 4) is 0 Å². The van der Waals surface area contributed by atoms with Crippen LogP contribution in [0.15, 0.2) is 6.20 Å². The zero-order valence-electron chi connectivity index (χ0n) is 11.3. The van der Waals surface area contributed by atoms with E-state index in [2.05, 4.69) is 9.88 Å². The fourth-order valence-electron chi connectivity index (χ4n) is 2.49. The molecule has 1 aliphatic heterocycles. The highest BCUT2D eigenvalue weighted by atomic mass is 16.6. The van der Waals surface area contributed by atoms with Gasteiger partial charge in [0.1, 0.15) is 0 Å². The van der Waals surface area contributed by atoms with Crippen LogP contribution >= 0.6 is 0 Å². The van der Waals surface area contributed by atoms with E-state index >= 15 is 0 Å². The van der Waals surface area contributed by atoms with E-state index < -0.39 is 0 Å². The molecule has 1 fully saturated rings. The summed E-state index contributed by atoms with van der Waals surface area (Å²) in [5.74, 6) is 0. The van der Waals surface area contributed by atoms with E-state index in [1.54, 1.807) is 20.0 Å². The highest BCUT2D eigenvalue weighted by molar-refractivity contribution is 5.47. The van der Waals surface area contributed by atoms with Crippen molar-refractivity contribution >= 4 is 5.69 Å². The molecule has 0 aromatic carbocycles. The second-order valence-corrected chi connectivity index (χ2v) is 5.13. The molecule has 6 heteroatoms. The lowest BCUT2D eigenvalue weighted by Crippen LogP contribution is -2.35. The summed E-state index contributed by atoms with van der Waals surface area (Å²) in [5, 5.41) is 20.5. The molecule has 1 aliphatic rings. The van der Waals surface area contributed by atoms with Gasteiger partial charge < -0.3 is 5.11 Å². The van der Waals surface area contributed by atoms with Gasteiger partial charge >= 0.3 is 0 Å². The van der Waals surface area contributed by atoms with E-state index in [0.29, 0.717) is 17.7 Å². The number of aliphatic hydroxyl groups excluding tert-OH is 1. The molecular formula is C13H19N3O3. The molecule has 0 atom stereocenters. The Labute approximate surface area is 112 Å². The number of aryl methyl sites for hydroxylation is 1. The molecular weight excluding hydrogens is 246 g/mol. The van der Waals surface area contributed by atoms with Crippen LogP contribution in [0.3, 0.4) is 0 Å². The second kappa shape index (κ2) is 5.63. The number of pyridine rings is 1. The summed E-state index contributed by atoms with van der Waals surface area (Å²) in [5.41, 5.74) is 2.17. The number of hydrogen-bond donors (Lipinski definition) is 1. The average molecular weight is 265 g/mol. The molecule has 1 saturated heterocycles. The number of nitro groups is 1. The summed E-state index contributed by atoms with van der Waals surface area (Å²) in [6, 6.07) is 0. The highest BCUT2D eigenvalue weighted by Crippen LogP contribution is 2.25. The lowest BCUT2D eigenvalue weighted by atomic mass is 10.1. The fourth-order valence-corrected chi connectivity index (χ4v) is 2.49. The molecule has 2 heterocycles. The molecule has 1 aromatic heterocycles. The Morgan fingerprint density at radius 1 is 1.47 bits per heavy atom. The van der Waals surface area contributed by atoms with E-state index in [1.807, 2.05) is 0 Å². The molecule has 19 heavy (non-hydrogen) atoms. The van der Waals surface area contributed by atoms with Crippen LogP contribution in [-0.2, 0) is 6.54 Å². The summed E-state index contributed by atoms with van der Waals surface area (Å²) in [6.07, 6.45) is 2.87. The fraction of sp³-hybridized carbons (Fsp3) is 0.615. The molecule has 0 amide bonds. The van der Waals surface area contributed by atoms with Gasteiger partial charge in [-0.05, 0) is 26.7 Å². The Hall–Kier alpha value is -1.53. The number of piperidine rings is 1. The van der Waals surface area contributed by atoms with Crippen LogP contribution in [0.5, 0.6) is 0 Å². The number of likely N-dealkylation sites (tertiary alicyclic amines) is 1. The number of aliphatic hydroxyl groups is 1. The van der Waals surface area contributed by atoms with Crippen LogP contribution < -0.4 is 0 Å². The molecule has 0 unspecified atom stereocenters. The third kappa shape index (κ3) is 3.08. The standard InChI is InChI=1S/C13H19N3O3/c1-9-7-14-12(10(2)13(9)16(18)19)8-15-5-3-11(17)4-6-15/h7,11,17H,3-6,8H2,1-2H3. The zero-order chi connectivity index (χ0) is 14.0. The highest BCUT2D eigenvalue weighted by Gasteiger charge is 2.22. The smallest absolute Gasteiger partial charge is 0.278 e. The van der Waals surface area contributed by atoms with Crippen LogP contribution in [0.1, 0.15) is 29.7 Å². The van der Waals surface area contributed by atoms with Gasteiger partial charge in [-0.25, -0.2) is 0 Å². The zero-order valence-corrected chi connectivity index (χ0v) is 11.3. The molecule has 0 spiro atoms. The Balaban J connectivity index is 2.17. The van der Waals surface area contributed by atoms with Crippen molar-refractivity contribution in [3.63, 3.8) is 0 Å². The average Bonchev–Trinajstić information content (AvgIpc) is 2.35. The summed E-state index contributed by atoms with van der Waals surface area (Å²) < 4.78 is 0. The Bertz CT molecular complexity index is 482. The second-order valence-electron chi connectivity index (χ2n) is 5.13. The van der Waals surface area contributed by atoms with Crippen LogP contribution in [0.4, 0.5) is 5.69 Å². The molecule has 6 nitrogen and oxygen atoms in total. The monoisotopic (exact) mass is 265 g/mol. The van der Waals surface area contributed by atoms with E-state index in [0.717, 1.165) is 31.6 Å². The Morgan fingerprint density at radius 2 is 2.11 bits per heavy atom. The maximum atomic E-state index is 11.1. The van der Waals surface area contributed by atoms with Crippen molar-refractivity contribution in [1.29, 1.82) is 0 Å². The summed E-state index contributed by atoms with van der Waals surface area (Å²) >= 11 is 0. The van der Waals surface area contributed by atoms with Gasteiger partial charge in [0.2, 0.25) is 0 Å². The van der Waals surface area contributed by atoms with E-state index in [9.17, 15) is 15.2 Å². The number of rotatable bonds is 3. The maximum Gasteiger partial charge on any atom is 0.278 e. The predicted molar refractivity (Wildman–Crippen MR) is 70.9 cm³/mol. The summed E-state index contributed by atoms with van der Waals surface area (Å²) in [6.45, 7) is 5.69. The van der Waals surface area contributed by atoms with Gasteiger partial charge in [-0.15, -0.1) is 0 Å². The summed E-state index contributed by atoms with van der Waals surface area (Å²) in [4.78, 5) is 17.2. The minimum absolute atomic E-state index is 0.169. The van der Waals surface area contributed by atoms with Gasteiger partial charge in [0.15, 0.2) is 0 Å². The third-order valence-corrected chi connectivity index (χ3v) is 3.69. The van der Waals surface area contributed by atoms with Gasteiger partial charge in [0.25, 0.3) is 5.69 Å². The lowest BCUT2D eigenvalue weighted by Gasteiger charge is -2.29. The van der Waals surface area contributed by atoms with Crippen LogP contribution in [0, 0.1) is 24.0 Å². The SMILES string of the molecule is Cc1cnc(CN2CCC(O)CC2)c(C)c1[N+](=O)[O-]. The molecule has 1 N–H and O–H groups in total. The van der Waals surface area contributed by atoms with Gasteiger partial charge in [-0.1, -0.05) is 0 Å². The van der Waals surface area contributed by atoms with Crippen molar-refractivity contribution in [2.45, 2.75) is 39.3 Å². The topological polar surface area (TPSA) is 79.5 Å². The predicted octanol–water partition coefficient (Wildman–Crippen LogP) is 1.56. The quantitative estimate of drug-likeness (QED) is 0.662. The first-order chi connectivity index (χ1) is 8.99. The van der Waals surface area contributed by atoms with E-state index in [4.69, 9.17) is 0 Å². The van der Waals surface area contributed by atoms with Crippen molar-refractivity contribution in [2.75, 3.05) is 13.1 Å².